The minimum absolute atomic E-state index is 0.205. The van der Waals surface area contributed by atoms with Gasteiger partial charge in [-0.25, -0.2) is 0 Å². The summed E-state index contributed by atoms with van der Waals surface area (Å²) in [5.74, 6) is -0.171. The van der Waals surface area contributed by atoms with Crippen molar-refractivity contribution < 1.29 is 14.6 Å². The molecular weight excluding hydrogens is 278 g/mol. The largest absolute Gasteiger partial charge is 0.492 e. The lowest BCUT2D eigenvalue weighted by atomic mass is 9.84. The monoisotopic (exact) mass is 305 g/mol. The summed E-state index contributed by atoms with van der Waals surface area (Å²) in [7, 11) is 0. The molecule has 1 aliphatic rings. The van der Waals surface area contributed by atoms with Crippen LogP contribution in [0.2, 0.25) is 0 Å². The summed E-state index contributed by atoms with van der Waals surface area (Å²) in [4.78, 5) is 14.0. The molecule has 1 aromatic rings. The molecule has 122 valence electrons. The second kappa shape index (κ2) is 7.63. The fourth-order valence-electron chi connectivity index (χ4n) is 3.15. The molecule has 1 aliphatic heterocycles. The van der Waals surface area contributed by atoms with E-state index in [1.807, 2.05) is 31.2 Å². The molecule has 1 aromatic carbocycles. The summed E-state index contributed by atoms with van der Waals surface area (Å²) >= 11 is 0. The molecule has 4 nitrogen and oxygen atoms in total. The second-order valence-corrected chi connectivity index (χ2v) is 6.49. The molecule has 2 rings (SSSR count). The third kappa shape index (κ3) is 4.23. The number of ether oxygens (including phenoxy) is 1. The number of aryl methyl sites for hydroxylation is 1. The Kier molecular flexibility index (Phi) is 5.83. The summed E-state index contributed by atoms with van der Waals surface area (Å²) in [6.07, 6.45) is 1.87. The Morgan fingerprint density at radius 3 is 2.50 bits per heavy atom. The van der Waals surface area contributed by atoms with E-state index in [1.165, 1.54) is 0 Å². The lowest BCUT2D eigenvalue weighted by Crippen LogP contribution is -2.42. The van der Waals surface area contributed by atoms with Crippen LogP contribution in [0.3, 0.4) is 0 Å². The number of para-hydroxylation sites is 1. The Morgan fingerprint density at radius 2 is 1.95 bits per heavy atom. The molecule has 0 saturated carbocycles. The SMILES string of the molecule is Cc1ccccc1OCC(C(=O)O)C1CCN(C(C)C)CC1. The molecule has 1 unspecified atom stereocenters. The fraction of sp³-hybridized carbons (Fsp3) is 0.611. The summed E-state index contributed by atoms with van der Waals surface area (Å²) in [5, 5.41) is 9.55. The van der Waals surface area contributed by atoms with Crippen molar-refractivity contribution in [3.8, 4) is 5.75 Å². The summed E-state index contributed by atoms with van der Waals surface area (Å²) < 4.78 is 5.79. The Bertz CT molecular complexity index is 493. The zero-order valence-corrected chi connectivity index (χ0v) is 13.8. The highest BCUT2D eigenvalue weighted by Gasteiger charge is 2.32. The van der Waals surface area contributed by atoms with Crippen LogP contribution in [0.4, 0.5) is 0 Å². The van der Waals surface area contributed by atoms with Crippen molar-refractivity contribution >= 4 is 5.97 Å². The Labute approximate surface area is 133 Å². The number of aliphatic carboxylic acids is 1. The fourth-order valence-corrected chi connectivity index (χ4v) is 3.15. The van der Waals surface area contributed by atoms with Gasteiger partial charge in [0.05, 0.1) is 5.92 Å². The molecule has 4 heteroatoms. The highest BCUT2D eigenvalue weighted by Crippen LogP contribution is 2.28. The number of carboxylic acid groups (broad SMARTS) is 1. The number of likely N-dealkylation sites (tertiary alicyclic amines) is 1. The van der Waals surface area contributed by atoms with Crippen molar-refractivity contribution in [3.05, 3.63) is 29.8 Å². The van der Waals surface area contributed by atoms with Crippen LogP contribution in [-0.4, -0.2) is 41.7 Å². The molecule has 0 amide bonds. The van der Waals surface area contributed by atoms with E-state index >= 15 is 0 Å². The van der Waals surface area contributed by atoms with Crippen molar-refractivity contribution in [2.24, 2.45) is 11.8 Å². The van der Waals surface area contributed by atoms with E-state index < -0.39 is 11.9 Å². The number of nitrogens with zero attached hydrogens (tertiary/aromatic N) is 1. The van der Waals surface area contributed by atoms with Crippen LogP contribution in [0, 0.1) is 18.8 Å². The molecule has 0 aromatic heterocycles. The van der Waals surface area contributed by atoms with E-state index in [0.717, 1.165) is 37.2 Å². The van der Waals surface area contributed by atoms with Crippen molar-refractivity contribution in [1.82, 2.24) is 4.90 Å². The van der Waals surface area contributed by atoms with Gasteiger partial charge in [-0.05, 0) is 64.3 Å². The van der Waals surface area contributed by atoms with Gasteiger partial charge < -0.3 is 14.7 Å². The Morgan fingerprint density at radius 1 is 1.32 bits per heavy atom. The van der Waals surface area contributed by atoms with Crippen LogP contribution >= 0.6 is 0 Å². The standard InChI is InChI=1S/C18H27NO3/c1-13(2)19-10-8-15(9-11-19)16(18(20)21)12-22-17-7-5-4-6-14(17)3/h4-7,13,15-16H,8-12H2,1-3H3,(H,20,21). The molecule has 1 N–H and O–H groups in total. The van der Waals surface area contributed by atoms with Gasteiger partial charge in [0.25, 0.3) is 0 Å². The number of piperidine rings is 1. The molecule has 1 saturated heterocycles. The number of benzene rings is 1. The summed E-state index contributed by atoms with van der Waals surface area (Å²) in [5.41, 5.74) is 1.04. The first kappa shape index (κ1) is 16.8. The summed E-state index contributed by atoms with van der Waals surface area (Å²) in [6, 6.07) is 8.28. The minimum Gasteiger partial charge on any atom is -0.492 e. The van der Waals surface area contributed by atoms with Gasteiger partial charge >= 0.3 is 5.97 Å². The maximum absolute atomic E-state index is 11.6. The minimum atomic E-state index is -0.739. The number of rotatable bonds is 6. The van der Waals surface area contributed by atoms with Crippen molar-refractivity contribution in [3.63, 3.8) is 0 Å². The average Bonchev–Trinajstić information content (AvgIpc) is 2.49. The Hall–Kier alpha value is -1.55. The molecule has 0 spiro atoms. The van der Waals surface area contributed by atoms with Gasteiger partial charge in [-0.1, -0.05) is 18.2 Å². The van der Waals surface area contributed by atoms with Gasteiger partial charge in [0, 0.05) is 6.04 Å². The van der Waals surface area contributed by atoms with E-state index in [-0.39, 0.29) is 12.5 Å². The van der Waals surface area contributed by atoms with Crippen LogP contribution in [-0.2, 0) is 4.79 Å². The molecule has 0 aliphatic carbocycles. The van der Waals surface area contributed by atoms with E-state index in [2.05, 4.69) is 18.7 Å². The molecule has 1 atom stereocenters. The molecule has 0 radical (unpaired) electrons. The van der Waals surface area contributed by atoms with Crippen LogP contribution in [0.25, 0.3) is 0 Å². The van der Waals surface area contributed by atoms with Crippen molar-refractivity contribution in [1.29, 1.82) is 0 Å². The zero-order valence-electron chi connectivity index (χ0n) is 13.8. The van der Waals surface area contributed by atoms with E-state index in [4.69, 9.17) is 4.74 Å². The normalized spacial score (nSPS) is 18.4. The third-order valence-electron chi connectivity index (χ3n) is 4.70. The average molecular weight is 305 g/mol. The third-order valence-corrected chi connectivity index (χ3v) is 4.70. The van der Waals surface area contributed by atoms with E-state index in [1.54, 1.807) is 0 Å². The van der Waals surface area contributed by atoms with Crippen LogP contribution in [0.15, 0.2) is 24.3 Å². The zero-order chi connectivity index (χ0) is 16.1. The van der Waals surface area contributed by atoms with Gasteiger partial charge in [0.2, 0.25) is 0 Å². The van der Waals surface area contributed by atoms with Crippen molar-refractivity contribution in [2.45, 2.75) is 39.7 Å². The number of carboxylic acids is 1. The number of carbonyl (C=O) groups is 1. The number of hydrogen-bond acceptors (Lipinski definition) is 3. The molecule has 22 heavy (non-hydrogen) atoms. The first-order valence-corrected chi connectivity index (χ1v) is 8.14. The predicted octanol–water partition coefficient (Wildman–Crippen LogP) is 3.20. The lowest BCUT2D eigenvalue weighted by molar-refractivity contribution is -0.145. The first-order valence-electron chi connectivity index (χ1n) is 8.14. The first-order chi connectivity index (χ1) is 10.5. The second-order valence-electron chi connectivity index (χ2n) is 6.49. The Balaban J connectivity index is 1.94. The van der Waals surface area contributed by atoms with E-state index in [0.29, 0.717) is 6.04 Å². The van der Waals surface area contributed by atoms with Gasteiger partial charge in [-0.3, -0.25) is 4.79 Å². The predicted molar refractivity (Wildman–Crippen MR) is 87.2 cm³/mol. The smallest absolute Gasteiger partial charge is 0.310 e. The van der Waals surface area contributed by atoms with Crippen LogP contribution < -0.4 is 4.74 Å². The highest BCUT2D eigenvalue weighted by atomic mass is 16.5. The van der Waals surface area contributed by atoms with Gasteiger partial charge in [-0.2, -0.15) is 0 Å². The van der Waals surface area contributed by atoms with Crippen LogP contribution in [0.5, 0.6) is 5.75 Å². The topological polar surface area (TPSA) is 49.8 Å². The van der Waals surface area contributed by atoms with Gasteiger partial charge in [-0.15, -0.1) is 0 Å². The highest BCUT2D eigenvalue weighted by molar-refractivity contribution is 5.70. The van der Waals surface area contributed by atoms with Crippen LogP contribution in [0.1, 0.15) is 32.3 Å². The van der Waals surface area contributed by atoms with Gasteiger partial charge in [0.1, 0.15) is 12.4 Å². The molecule has 1 heterocycles. The van der Waals surface area contributed by atoms with Gasteiger partial charge in [0.15, 0.2) is 0 Å². The lowest BCUT2D eigenvalue weighted by Gasteiger charge is -2.36. The number of hydrogen-bond donors (Lipinski definition) is 1. The summed E-state index contributed by atoms with van der Waals surface area (Å²) in [6.45, 7) is 8.58. The molecular formula is C18H27NO3. The molecule has 1 fully saturated rings. The van der Waals surface area contributed by atoms with E-state index in [9.17, 15) is 9.90 Å². The molecule has 0 bridgehead atoms. The quantitative estimate of drug-likeness (QED) is 0.877. The maximum atomic E-state index is 11.6. The van der Waals surface area contributed by atoms with Crippen molar-refractivity contribution in [2.75, 3.05) is 19.7 Å². The maximum Gasteiger partial charge on any atom is 0.310 e.